The van der Waals surface area contributed by atoms with Crippen molar-refractivity contribution in [2.24, 2.45) is 0 Å². The molecule has 0 spiro atoms. The molecule has 2 N–H and O–H groups in total. The van der Waals surface area contributed by atoms with Gasteiger partial charge >= 0.3 is 5.97 Å². The predicted octanol–water partition coefficient (Wildman–Crippen LogP) is 3.42. The van der Waals surface area contributed by atoms with Crippen LogP contribution in [0.2, 0.25) is 0 Å². The molecule has 1 heterocycles. The number of nitrogens with one attached hydrogen (secondary N) is 1. The zero-order chi connectivity index (χ0) is 13.0. The third-order valence-corrected chi connectivity index (χ3v) is 4.09. The highest BCUT2D eigenvalue weighted by Gasteiger charge is 2.11. The molecule has 4 nitrogen and oxygen atoms in total. The lowest BCUT2D eigenvalue weighted by Gasteiger charge is -1.99. The van der Waals surface area contributed by atoms with Crippen molar-refractivity contribution in [2.75, 3.05) is 0 Å². The number of carbonyl (C=O) groups is 1. The number of carboxylic acids is 1. The molecule has 0 radical (unpaired) electrons. The van der Waals surface area contributed by atoms with Crippen LogP contribution in [-0.4, -0.2) is 21.3 Å². The topological polar surface area (TPSA) is 66.0 Å². The molecule has 18 heavy (non-hydrogen) atoms. The Bertz CT molecular complexity index is 631. The van der Waals surface area contributed by atoms with Gasteiger partial charge in [-0.25, -0.2) is 4.79 Å². The Morgan fingerprint density at radius 1 is 1.44 bits per heavy atom. The van der Waals surface area contributed by atoms with E-state index >= 15 is 0 Å². The number of aromatic amines is 1. The van der Waals surface area contributed by atoms with Crippen LogP contribution in [0, 0.1) is 3.95 Å². The number of thioether (sulfide) groups is 1. The van der Waals surface area contributed by atoms with Crippen LogP contribution >= 0.6 is 35.3 Å². The molecule has 0 unspecified atom stereocenters. The number of aliphatic carboxylic acids is 1. The molecule has 0 fully saturated rings. The first-order chi connectivity index (χ1) is 8.65. The number of rotatable bonds is 4. The molecule has 0 aliphatic carbocycles. The van der Waals surface area contributed by atoms with Gasteiger partial charge in [-0.1, -0.05) is 41.7 Å². The third kappa shape index (κ3) is 3.52. The van der Waals surface area contributed by atoms with Gasteiger partial charge in [-0.05, 0) is 35.6 Å². The van der Waals surface area contributed by atoms with Crippen molar-refractivity contribution in [1.29, 1.82) is 0 Å². The summed E-state index contributed by atoms with van der Waals surface area (Å²) in [6.07, 6.45) is 1.61. The molecule has 0 atom stereocenters. The molecule has 2 rings (SSSR count). The van der Waals surface area contributed by atoms with Crippen LogP contribution in [-0.2, 0) is 4.79 Å². The predicted molar refractivity (Wildman–Crippen MR) is 75.2 cm³/mol. The van der Waals surface area contributed by atoms with Gasteiger partial charge in [0.2, 0.25) is 0 Å². The average molecular weight is 296 g/mol. The highest BCUT2D eigenvalue weighted by atomic mass is 32.2. The maximum Gasteiger partial charge on any atom is 0.342 e. The smallest absolute Gasteiger partial charge is 0.342 e. The molecular weight excluding hydrogens is 288 g/mol. The summed E-state index contributed by atoms with van der Waals surface area (Å²) in [6, 6.07) is 9.28. The minimum atomic E-state index is -0.982. The number of H-pyrrole nitrogens is 1. The number of nitrogens with zero attached hydrogens (tertiary/aromatic N) is 1. The van der Waals surface area contributed by atoms with E-state index in [4.69, 9.17) is 17.3 Å². The lowest BCUT2D eigenvalue weighted by atomic mass is 10.2. The summed E-state index contributed by atoms with van der Waals surface area (Å²) in [7, 11) is 0. The first kappa shape index (κ1) is 13.0. The molecule has 1 aromatic carbocycles. The lowest BCUT2D eigenvalue weighted by Crippen LogP contribution is -1.96. The van der Waals surface area contributed by atoms with Crippen molar-refractivity contribution in [1.82, 2.24) is 10.2 Å². The number of benzene rings is 1. The molecule has 0 bridgehead atoms. The van der Waals surface area contributed by atoms with Gasteiger partial charge in [0, 0.05) is 0 Å². The van der Waals surface area contributed by atoms with Gasteiger partial charge in [0.25, 0.3) is 0 Å². The Balaban J connectivity index is 2.27. The molecule has 1 aromatic heterocycles. The average Bonchev–Trinajstić information content (AvgIpc) is 2.75. The van der Waals surface area contributed by atoms with Crippen molar-refractivity contribution in [3.05, 3.63) is 44.8 Å². The molecule has 0 saturated carbocycles. The summed E-state index contributed by atoms with van der Waals surface area (Å²) in [5.41, 5.74) is 0.835. The van der Waals surface area contributed by atoms with Crippen LogP contribution in [0.4, 0.5) is 0 Å². The van der Waals surface area contributed by atoms with Crippen molar-refractivity contribution >= 4 is 47.4 Å². The van der Waals surface area contributed by atoms with E-state index in [2.05, 4.69) is 10.2 Å². The molecular formula is C11H8N2O2S3. The fraction of sp³-hybridized carbons (Fsp3) is 0. The Kier molecular flexibility index (Phi) is 4.29. The van der Waals surface area contributed by atoms with Gasteiger partial charge in [-0.2, -0.15) is 5.10 Å². The quantitative estimate of drug-likeness (QED) is 0.514. The molecule has 0 amide bonds. The number of carboxylic acid groups (broad SMARTS) is 1. The fourth-order valence-corrected chi connectivity index (χ4v) is 3.22. The monoisotopic (exact) mass is 296 g/mol. The van der Waals surface area contributed by atoms with Crippen LogP contribution in [0.3, 0.4) is 0 Å². The van der Waals surface area contributed by atoms with Gasteiger partial charge in [0.05, 0.1) is 0 Å². The first-order valence-electron chi connectivity index (χ1n) is 4.88. The Labute approximate surface area is 116 Å². The zero-order valence-corrected chi connectivity index (χ0v) is 11.4. The number of aromatic nitrogens is 2. The molecule has 0 aliphatic heterocycles. The van der Waals surface area contributed by atoms with Crippen LogP contribution in [0.5, 0.6) is 0 Å². The molecule has 0 saturated heterocycles. The van der Waals surface area contributed by atoms with Crippen molar-refractivity contribution in [3.63, 3.8) is 0 Å². The Hall–Kier alpha value is -1.44. The summed E-state index contributed by atoms with van der Waals surface area (Å²) < 4.78 is 1.12. The summed E-state index contributed by atoms with van der Waals surface area (Å²) in [4.78, 5) is 11.4. The second-order valence-electron chi connectivity index (χ2n) is 3.21. The number of hydrogen-bond acceptors (Lipinski definition) is 5. The Morgan fingerprint density at radius 2 is 2.17 bits per heavy atom. The first-order valence-corrected chi connectivity index (χ1v) is 6.92. The van der Waals surface area contributed by atoms with Gasteiger partial charge in [-0.3, -0.25) is 5.10 Å². The molecule has 0 aliphatic rings. The van der Waals surface area contributed by atoms with Crippen LogP contribution in [0.25, 0.3) is 6.08 Å². The normalized spacial score (nSPS) is 11.4. The second kappa shape index (κ2) is 5.94. The van der Waals surface area contributed by atoms with E-state index in [1.165, 1.54) is 11.3 Å². The SMILES string of the molecule is O=C(O)C(=Cc1ccccc1)Sc1n[nH]c(=S)s1. The van der Waals surface area contributed by atoms with E-state index in [0.717, 1.165) is 17.3 Å². The van der Waals surface area contributed by atoms with Gasteiger partial charge in [0.15, 0.2) is 8.29 Å². The van der Waals surface area contributed by atoms with Crippen molar-refractivity contribution < 1.29 is 9.90 Å². The Morgan fingerprint density at radius 3 is 2.72 bits per heavy atom. The van der Waals surface area contributed by atoms with E-state index in [0.29, 0.717) is 8.29 Å². The highest BCUT2D eigenvalue weighted by Crippen LogP contribution is 2.29. The van der Waals surface area contributed by atoms with E-state index in [-0.39, 0.29) is 4.91 Å². The minimum Gasteiger partial charge on any atom is -0.477 e. The van der Waals surface area contributed by atoms with Crippen molar-refractivity contribution in [3.8, 4) is 0 Å². The standard InChI is InChI=1S/C11H8N2O2S3/c14-9(15)8(6-7-4-2-1-3-5-7)17-11-13-12-10(16)18-11/h1-6H,(H,12,16)(H,14,15). The van der Waals surface area contributed by atoms with E-state index < -0.39 is 5.97 Å². The van der Waals surface area contributed by atoms with E-state index in [9.17, 15) is 4.79 Å². The van der Waals surface area contributed by atoms with Gasteiger partial charge < -0.3 is 5.11 Å². The van der Waals surface area contributed by atoms with Crippen molar-refractivity contribution in [2.45, 2.75) is 4.34 Å². The van der Waals surface area contributed by atoms with Crippen LogP contribution in [0.15, 0.2) is 39.6 Å². The molecule has 7 heteroatoms. The summed E-state index contributed by atoms with van der Waals surface area (Å²) in [6.45, 7) is 0. The summed E-state index contributed by atoms with van der Waals surface area (Å²) in [5, 5.41) is 15.7. The van der Waals surface area contributed by atoms with E-state index in [1.54, 1.807) is 6.08 Å². The van der Waals surface area contributed by atoms with Gasteiger partial charge in [0.1, 0.15) is 4.91 Å². The summed E-state index contributed by atoms with van der Waals surface area (Å²) >= 11 is 7.24. The summed E-state index contributed by atoms with van der Waals surface area (Å²) in [5.74, 6) is -0.982. The molecule has 92 valence electrons. The highest BCUT2D eigenvalue weighted by molar-refractivity contribution is 8.05. The zero-order valence-electron chi connectivity index (χ0n) is 8.99. The maximum atomic E-state index is 11.2. The van der Waals surface area contributed by atoms with Gasteiger partial charge in [-0.15, -0.1) is 0 Å². The number of hydrogen-bond donors (Lipinski definition) is 2. The van der Waals surface area contributed by atoms with E-state index in [1.807, 2.05) is 30.3 Å². The van der Waals surface area contributed by atoms with Crippen LogP contribution in [0.1, 0.15) is 5.56 Å². The fourth-order valence-electron chi connectivity index (χ4n) is 1.19. The second-order valence-corrected chi connectivity index (χ2v) is 6.16. The lowest BCUT2D eigenvalue weighted by molar-refractivity contribution is -0.131. The van der Waals surface area contributed by atoms with Crippen LogP contribution < -0.4 is 0 Å². The minimum absolute atomic E-state index is 0.207. The molecule has 2 aromatic rings. The largest absolute Gasteiger partial charge is 0.477 e. The third-order valence-electron chi connectivity index (χ3n) is 1.92. The maximum absolute atomic E-state index is 11.2.